The van der Waals surface area contributed by atoms with Crippen molar-refractivity contribution < 1.29 is 5.11 Å². The lowest BCUT2D eigenvalue weighted by Gasteiger charge is -2.35. The number of piperidine rings is 1. The van der Waals surface area contributed by atoms with Crippen LogP contribution < -0.4 is 11.1 Å². The van der Waals surface area contributed by atoms with Gasteiger partial charge in [-0.15, -0.1) is 0 Å². The molecular formula is C9H20N2O. The maximum Gasteiger partial charge on any atom is 0.0660 e. The van der Waals surface area contributed by atoms with Gasteiger partial charge in [-0.2, -0.15) is 0 Å². The third-order valence-corrected chi connectivity index (χ3v) is 2.87. The van der Waals surface area contributed by atoms with Crippen LogP contribution in [0.15, 0.2) is 0 Å². The number of nitrogens with two attached hydrogens (primary N) is 1. The number of rotatable bonds is 3. The monoisotopic (exact) mass is 172 g/mol. The molecule has 0 radical (unpaired) electrons. The Hall–Kier alpha value is -0.120. The average Bonchev–Trinajstić information content (AvgIpc) is 2.06. The van der Waals surface area contributed by atoms with Crippen molar-refractivity contribution in [1.29, 1.82) is 0 Å². The normalized spacial score (nSPS) is 25.2. The molecule has 0 aromatic rings. The Balaban J connectivity index is 2.41. The van der Waals surface area contributed by atoms with E-state index in [0.29, 0.717) is 12.5 Å². The quantitative estimate of drug-likeness (QED) is 0.565. The predicted molar refractivity (Wildman–Crippen MR) is 49.9 cm³/mol. The average molecular weight is 172 g/mol. The summed E-state index contributed by atoms with van der Waals surface area (Å²) in [5, 5.41) is 13.3. The van der Waals surface area contributed by atoms with Crippen molar-refractivity contribution in [3.8, 4) is 0 Å². The van der Waals surface area contributed by atoms with Gasteiger partial charge < -0.3 is 16.2 Å². The molecule has 72 valence electrons. The highest BCUT2D eigenvalue weighted by Crippen LogP contribution is 2.27. The van der Waals surface area contributed by atoms with Crippen molar-refractivity contribution in [3.63, 3.8) is 0 Å². The van der Waals surface area contributed by atoms with Gasteiger partial charge in [-0.3, -0.25) is 0 Å². The summed E-state index contributed by atoms with van der Waals surface area (Å²) in [6, 6.07) is 0. The summed E-state index contributed by atoms with van der Waals surface area (Å²) in [5.41, 5.74) is 4.90. The zero-order chi connectivity index (χ0) is 9.03. The van der Waals surface area contributed by atoms with Gasteiger partial charge in [0.2, 0.25) is 0 Å². The van der Waals surface area contributed by atoms with Crippen molar-refractivity contribution in [2.24, 2.45) is 11.7 Å². The van der Waals surface area contributed by atoms with E-state index in [1.54, 1.807) is 0 Å². The molecule has 1 saturated heterocycles. The van der Waals surface area contributed by atoms with E-state index in [2.05, 4.69) is 5.32 Å². The van der Waals surface area contributed by atoms with Crippen molar-refractivity contribution >= 4 is 0 Å². The minimum Gasteiger partial charge on any atom is -0.390 e. The smallest absolute Gasteiger partial charge is 0.0660 e. The molecule has 0 aromatic carbocycles. The molecule has 4 N–H and O–H groups in total. The lowest BCUT2D eigenvalue weighted by Crippen LogP contribution is -2.42. The van der Waals surface area contributed by atoms with E-state index in [0.717, 1.165) is 32.4 Å². The fourth-order valence-electron chi connectivity index (χ4n) is 1.94. The van der Waals surface area contributed by atoms with Crippen LogP contribution in [-0.4, -0.2) is 30.3 Å². The van der Waals surface area contributed by atoms with Gasteiger partial charge in [-0.1, -0.05) is 0 Å². The van der Waals surface area contributed by atoms with E-state index in [1.165, 1.54) is 0 Å². The molecule has 12 heavy (non-hydrogen) atoms. The zero-order valence-electron chi connectivity index (χ0n) is 7.84. The standard InChI is InChI=1S/C9H20N2O/c1-9(12,4-5-10)8-2-6-11-7-3-8/h8,11-12H,2-7,10H2,1H3. The molecule has 0 bridgehead atoms. The molecular weight excluding hydrogens is 152 g/mol. The first-order valence-electron chi connectivity index (χ1n) is 4.80. The van der Waals surface area contributed by atoms with Gasteiger partial charge in [0.05, 0.1) is 5.60 Å². The van der Waals surface area contributed by atoms with E-state index < -0.39 is 5.60 Å². The van der Waals surface area contributed by atoms with Crippen LogP contribution in [0, 0.1) is 5.92 Å². The highest BCUT2D eigenvalue weighted by Gasteiger charge is 2.31. The Morgan fingerprint density at radius 3 is 2.58 bits per heavy atom. The molecule has 0 amide bonds. The van der Waals surface area contributed by atoms with Crippen molar-refractivity contribution in [2.75, 3.05) is 19.6 Å². The van der Waals surface area contributed by atoms with Crippen LogP contribution in [0.5, 0.6) is 0 Å². The third kappa shape index (κ3) is 2.44. The van der Waals surface area contributed by atoms with Gasteiger partial charge in [0.25, 0.3) is 0 Å². The molecule has 1 atom stereocenters. The Kier molecular flexibility index (Phi) is 3.50. The van der Waals surface area contributed by atoms with Crippen LogP contribution in [0.25, 0.3) is 0 Å². The summed E-state index contributed by atoms with van der Waals surface area (Å²) >= 11 is 0. The zero-order valence-corrected chi connectivity index (χ0v) is 7.84. The van der Waals surface area contributed by atoms with Crippen LogP contribution >= 0.6 is 0 Å². The number of nitrogens with one attached hydrogen (secondary N) is 1. The van der Waals surface area contributed by atoms with Gasteiger partial charge in [0.1, 0.15) is 0 Å². The molecule has 1 unspecified atom stereocenters. The fourth-order valence-corrected chi connectivity index (χ4v) is 1.94. The molecule has 0 spiro atoms. The summed E-state index contributed by atoms with van der Waals surface area (Å²) in [5.74, 6) is 0.433. The Labute approximate surface area is 74.3 Å². The molecule has 1 rings (SSSR count). The van der Waals surface area contributed by atoms with Gasteiger partial charge >= 0.3 is 0 Å². The largest absolute Gasteiger partial charge is 0.390 e. The third-order valence-electron chi connectivity index (χ3n) is 2.87. The summed E-state index contributed by atoms with van der Waals surface area (Å²) in [6.45, 7) is 4.56. The minimum atomic E-state index is -0.545. The van der Waals surface area contributed by atoms with E-state index in [4.69, 9.17) is 5.73 Å². The van der Waals surface area contributed by atoms with Crippen molar-refractivity contribution in [2.45, 2.75) is 31.8 Å². The molecule has 3 nitrogen and oxygen atoms in total. The van der Waals surface area contributed by atoms with Crippen LogP contribution in [0.3, 0.4) is 0 Å². The molecule has 0 saturated carbocycles. The minimum absolute atomic E-state index is 0.433. The van der Waals surface area contributed by atoms with Gasteiger partial charge in [-0.05, 0) is 51.7 Å². The van der Waals surface area contributed by atoms with E-state index >= 15 is 0 Å². The molecule has 0 aromatic heterocycles. The Morgan fingerprint density at radius 2 is 2.08 bits per heavy atom. The predicted octanol–water partition coefficient (Wildman–Crippen LogP) is 0.0858. The number of hydrogen-bond donors (Lipinski definition) is 3. The van der Waals surface area contributed by atoms with Gasteiger partial charge in [0, 0.05) is 0 Å². The van der Waals surface area contributed by atoms with Crippen LogP contribution in [0.4, 0.5) is 0 Å². The molecule has 1 heterocycles. The maximum absolute atomic E-state index is 10.0. The van der Waals surface area contributed by atoms with E-state index in [1.807, 2.05) is 6.92 Å². The molecule has 1 aliphatic heterocycles. The highest BCUT2D eigenvalue weighted by molar-refractivity contribution is 4.85. The lowest BCUT2D eigenvalue weighted by atomic mass is 9.80. The van der Waals surface area contributed by atoms with Gasteiger partial charge in [-0.25, -0.2) is 0 Å². The summed E-state index contributed by atoms with van der Waals surface area (Å²) in [7, 11) is 0. The SMILES string of the molecule is CC(O)(CCN)C1CCNCC1. The first-order valence-corrected chi connectivity index (χ1v) is 4.80. The maximum atomic E-state index is 10.0. The number of aliphatic hydroxyl groups is 1. The molecule has 0 aliphatic carbocycles. The summed E-state index contributed by atoms with van der Waals surface area (Å²) in [6.07, 6.45) is 2.87. The van der Waals surface area contributed by atoms with Crippen molar-refractivity contribution in [1.82, 2.24) is 5.32 Å². The fraction of sp³-hybridized carbons (Fsp3) is 1.00. The Morgan fingerprint density at radius 1 is 1.50 bits per heavy atom. The van der Waals surface area contributed by atoms with E-state index in [-0.39, 0.29) is 0 Å². The first-order chi connectivity index (χ1) is 5.67. The Bertz CT molecular complexity index is 130. The lowest BCUT2D eigenvalue weighted by molar-refractivity contribution is -0.0186. The van der Waals surface area contributed by atoms with Crippen molar-refractivity contribution in [3.05, 3.63) is 0 Å². The summed E-state index contributed by atoms with van der Waals surface area (Å²) in [4.78, 5) is 0. The highest BCUT2D eigenvalue weighted by atomic mass is 16.3. The topological polar surface area (TPSA) is 58.3 Å². The second kappa shape index (κ2) is 4.21. The van der Waals surface area contributed by atoms with Crippen LogP contribution in [0.1, 0.15) is 26.2 Å². The van der Waals surface area contributed by atoms with Crippen LogP contribution in [0.2, 0.25) is 0 Å². The number of hydrogen-bond acceptors (Lipinski definition) is 3. The van der Waals surface area contributed by atoms with Crippen LogP contribution in [-0.2, 0) is 0 Å². The molecule has 1 fully saturated rings. The molecule has 3 heteroatoms. The van der Waals surface area contributed by atoms with Gasteiger partial charge in [0.15, 0.2) is 0 Å². The summed E-state index contributed by atoms with van der Waals surface area (Å²) < 4.78 is 0. The first kappa shape index (κ1) is 9.96. The second-order valence-corrected chi connectivity index (χ2v) is 3.92. The second-order valence-electron chi connectivity index (χ2n) is 3.92. The van der Waals surface area contributed by atoms with E-state index in [9.17, 15) is 5.11 Å². The molecule has 1 aliphatic rings.